The van der Waals surface area contributed by atoms with Crippen molar-refractivity contribution in [2.24, 2.45) is 11.3 Å². The van der Waals surface area contributed by atoms with Gasteiger partial charge < -0.3 is 25.5 Å². The standard InChI is InChI=1S/C21H38N4O4/c1-8-13(4)18(27)23-17(21(5,6)7)19(28)24-10-9-14-16(24)15(26)11-25(14)20(29)22-12(2)3/h12-17,26H,8-11H2,1-7H3,(H,22,29)(H,23,27)/t13-,14-,15+,16+,17-/m1/s1. The summed E-state index contributed by atoms with van der Waals surface area (Å²) in [6.07, 6.45) is 0.522. The van der Waals surface area contributed by atoms with Gasteiger partial charge in [-0.3, -0.25) is 9.59 Å². The third-order valence-corrected chi connectivity index (χ3v) is 6.01. The number of aliphatic hydroxyl groups excluding tert-OH is 1. The highest BCUT2D eigenvalue weighted by atomic mass is 16.3. The zero-order valence-electron chi connectivity index (χ0n) is 18.9. The van der Waals surface area contributed by atoms with Gasteiger partial charge in [0.15, 0.2) is 0 Å². The molecule has 2 aliphatic heterocycles. The quantitative estimate of drug-likeness (QED) is 0.636. The van der Waals surface area contributed by atoms with Crippen molar-refractivity contribution in [2.75, 3.05) is 13.1 Å². The minimum absolute atomic E-state index is 0.00105. The van der Waals surface area contributed by atoms with E-state index in [0.29, 0.717) is 19.4 Å². The van der Waals surface area contributed by atoms with E-state index >= 15 is 0 Å². The number of hydrogen-bond donors (Lipinski definition) is 3. The Hall–Kier alpha value is -1.83. The first-order valence-electron chi connectivity index (χ1n) is 10.7. The summed E-state index contributed by atoms with van der Waals surface area (Å²) in [5, 5.41) is 16.5. The third-order valence-electron chi connectivity index (χ3n) is 6.01. The largest absolute Gasteiger partial charge is 0.389 e. The van der Waals surface area contributed by atoms with Crippen LogP contribution in [0.3, 0.4) is 0 Å². The molecular formula is C21H38N4O4. The number of amides is 4. The van der Waals surface area contributed by atoms with E-state index in [1.54, 1.807) is 9.80 Å². The molecule has 0 aromatic carbocycles. The Morgan fingerprint density at radius 1 is 1.10 bits per heavy atom. The number of β-amino-alcohol motifs (C(OH)–C–C–N with tert-alkyl or cyclic N) is 1. The van der Waals surface area contributed by atoms with Gasteiger partial charge in [0.1, 0.15) is 6.04 Å². The fraction of sp³-hybridized carbons (Fsp3) is 0.857. The van der Waals surface area contributed by atoms with E-state index in [4.69, 9.17) is 0 Å². The summed E-state index contributed by atoms with van der Waals surface area (Å²) in [6, 6.07) is -1.55. The van der Waals surface area contributed by atoms with Crippen molar-refractivity contribution in [1.29, 1.82) is 0 Å². The second-order valence-corrected chi connectivity index (χ2v) is 9.82. The molecule has 3 N–H and O–H groups in total. The topological polar surface area (TPSA) is 102 Å². The van der Waals surface area contributed by atoms with Gasteiger partial charge in [0, 0.05) is 18.5 Å². The van der Waals surface area contributed by atoms with Crippen LogP contribution in [0.4, 0.5) is 4.79 Å². The molecule has 0 aromatic heterocycles. The number of rotatable bonds is 5. The highest BCUT2D eigenvalue weighted by Crippen LogP contribution is 2.34. The first-order valence-corrected chi connectivity index (χ1v) is 10.7. The Bertz CT molecular complexity index is 631. The van der Waals surface area contributed by atoms with Crippen LogP contribution in [0.2, 0.25) is 0 Å². The molecular weight excluding hydrogens is 372 g/mol. The summed E-state index contributed by atoms with van der Waals surface area (Å²) in [5.41, 5.74) is -0.476. The van der Waals surface area contributed by atoms with Gasteiger partial charge in [-0.25, -0.2) is 4.79 Å². The molecule has 166 valence electrons. The highest BCUT2D eigenvalue weighted by Gasteiger charge is 2.53. The molecule has 0 aliphatic carbocycles. The van der Waals surface area contributed by atoms with E-state index < -0.39 is 23.6 Å². The van der Waals surface area contributed by atoms with Crippen LogP contribution in [0.5, 0.6) is 0 Å². The Balaban J connectivity index is 2.19. The van der Waals surface area contributed by atoms with Gasteiger partial charge in [-0.1, -0.05) is 34.6 Å². The van der Waals surface area contributed by atoms with Gasteiger partial charge >= 0.3 is 6.03 Å². The van der Waals surface area contributed by atoms with Gasteiger partial charge in [-0.2, -0.15) is 0 Å². The third kappa shape index (κ3) is 5.02. The lowest BCUT2D eigenvalue weighted by Gasteiger charge is -2.36. The molecule has 0 unspecified atom stereocenters. The van der Waals surface area contributed by atoms with Crippen molar-refractivity contribution in [3.63, 3.8) is 0 Å². The average Bonchev–Trinajstić information content (AvgIpc) is 3.18. The van der Waals surface area contributed by atoms with Crippen LogP contribution >= 0.6 is 0 Å². The summed E-state index contributed by atoms with van der Waals surface area (Å²) in [6.45, 7) is 14.0. The lowest BCUT2D eigenvalue weighted by Crippen LogP contribution is -2.58. The zero-order chi connectivity index (χ0) is 22.1. The molecule has 0 spiro atoms. The molecule has 5 atom stereocenters. The molecule has 2 rings (SSSR count). The Labute approximate surface area is 174 Å². The maximum atomic E-state index is 13.5. The maximum Gasteiger partial charge on any atom is 0.318 e. The van der Waals surface area contributed by atoms with Crippen LogP contribution in [-0.4, -0.2) is 76.1 Å². The molecule has 4 amide bonds. The number of urea groups is 1. The lowest BCUT2D eigenvalue weighted by atomic mass is 9.85. The summed E-state index contributed by atoms with van der Waals surface area (Å²) in [5.74, 6) is -0.500. The first kappa shape index (κ1) is 23.4. The lowest BCUT2D eigenvalue weighted by molar-refractivity contribution is -0.142. The van der Waals surface area contributed by atoms with Crippen molar-refractivity contribution in [3.05, 3.63) is 0 Å². The highest BCUT2D eigenvalue weighted by molar-refractivity contribution is 5.89. The molecule has 2 fully saturated rings. The molecule has 0 bridgehead atoms. The minimum Gasteiger partial charge on any atom is -0.389 e. The van der Waals surface area contributed by atoms with Crippen LogP contribution in [0, 0.1) is 11.3 Å². The van der Waals surface area contributed by atoms with Crippen molar-refractivity contribution >= 4 is 17.8 Å². The van der Waals surface area contributed by atoms with Crippen molar-refractivity contribution in [3.8, 4) is 0 Å². The number of fused-ring (bicyclic) bond motifs is 1. The maximum absolute atomic E-state index is 13.5. The molecule has 0 aromatic rings. The smallest absolute Gasteiger partial charge is 0.318 e. The van der Waals surface area contributed by atoms with Gasteiger partial charge in [0.2, 0.25) is 11.8 Å². The van der Waals surface area contributed by atoms with Crippen molar-refractivity contribution < 1.29 is 19.5 Å². The monoisotopic (exact) mass is 410 g/mol. The normalized spacial score (nSPS) is 26.3. The second kappa shape index (κ2) is 8.90. The van der Waals surface area contributed by atoms with Crippen LogP contribution in [0.1, 0.15) is 61.3 Å². The van der Waals surface area contributed by atoms with Gasteiger partial charge in [0.05, 0.1) is 24.7 Å². The van der Waals surface area contributed by atoms with Gasteiger partial charge in [0.25, 0.3) is 0 Å². The molecule has 0 radical (unpaired) electrons. The summed E-state index contributed by atoms with van der Waals surface area (Å²) in [7, 11) is 0. The van der Waals surface area contributed by atoms with Gasteiger partial charge in [-0.05, 0) is 32.1 Å². The molecule has 0 saturated carbocycles. The van der Waals surface area contributed by atoms with E-state index in [1.807, 2.05) is 48.5 Å². The number of likely N-dealkylation sites (tertiary alicyclic amines) is 2. The van der Waals surface area contributed by atoms with Crippen molar-refractivity contribution in [2.45, 2.75) is 91.6 Å². The van der Waals surface area contributed by atoms with Crippen LogP contribution < -0.4 is 10.6 Å². The Morgan fingerprint density at radius 2 is 1.72 bits per heavy atom. The molecule has 2 heterocycles. The van der Waals surface area contributed by atoms with Crippen LogP contribution in [-0.2, 0) is 9.59 Å². The van der Waals surface area contributed by atoms with Crippen LogP contribution in [0.25, 0.3) is 0 Å². The van der Waals surface area contributed by atoms with E-state index in [-0.39, 0.29) is 42.4 Å². The molecule has 29 heavy (non-hydrogen) atoms. The SMILES string of the molecule is CC[C@@H](C)C(=O)N[C@H](C(=O)N1CC[C@@H]2[C@H]1[C@@H](O)CN2C(=O)NC(C)C)C(C)(C)C. The Morgan fingerprint density at radius 3 is 2.24 bits per heavy atom. The fourth-order valence-electron chi connectivity index (χ4n) is 4.15. The van der Waals surface area contributed by atoms with E-state index in [0.717, 1.165) is 0 Å². The summed E-state index contributed by atoms with van der Waals surface area (Å²) >= 11 is 0. The summed E-state index contributed by atoms with van der Waals surface area (Å²) in [4.78, 5) is 41.8. The Kier molecular flexibility index (Phi) is 7.19. The number of hydrogen-bond acceptors (Lipinski definition) is 4. The fourth-order valence-corrected chi connectivity index (χ4v) is 4.15. The molecule has 2 aliphatic rings. The average molecular weight is 411 g/mol. The number of aliphatic hydroxyl groups is 1. The molecule has 2 saturated heterocycles. The number of nitrogens with zero attached hydrogens (tertiary/aromatic N) is 2. The van der Waals surface area contributed by atoms with Crippen LogP contribution in [0.15, 0.2) is 0 Å². The second-order valence-electron chi connectivity index (χ2n) is 9.82. The zero-order valence-corrected chi connectivity index (χ0v) is 18.9. The first-order chi connectivity index (χ1) is 13.4. The van der Waals surface area contributed by atoms with Crippen molar-refractivity contribution in [1.82, 2.24) is 20.4 Å². The predicted molar refractivity (Wildman–Crippen MR) is 111 cm³/mol. The van der Waals surface area contributed by atoms with E-state index in [2.05, 4.69) is 10.6 Å². The van der Waals surface area contributed by atoms with Gasteiger partial charge in [-0.15, -0.1) is 0 Å². The number of carbonyl (C=O) groups excluding carboxylic acids is 3. The number of carbonyl (C=O) groups is 3. The number of nitrogens with one attached hydrogen (secondary N) is 2. The molecule has 8 nitrogen and oxygen atoms in total. The van der Waals surface area contributed by atoms with E-state index in [1.165, 1.54) is 0 Å². The summed E-state index contributed by atoms with van der Waals surface area (Å²) < 4.78 is 0. The minimum atomic E-state index is -0.796. The van der Waals surface area contributed by atoms with E-state index in [9.17, 15) is 19.5 Å². The predicted octanol–water partition coefficient (Wildman–Crippen LogP) is 1.33. The molecule has 8 heteroatoms.